The Kier molecular flexibility index (Phi) is 4.09. The Morgan fingerprint density at radius 3 is 2.71 bits per heavy atom. The van der Waals surface area contributed by atoms with Crippen LogP contribution in [0, 0.1) is 23.7 Å². The van der Waals surface area contributed by atoms with Crippen molar-refractivity contribution in [2.75, 3.05) is 0 Å². The third-order valence-electron chi connectivity index (χ3n) is 2.16. The minimum Gasteiger partial charge on any atom is -0.380 e. The molecule has 0 saturated heterocycles. The lowest BCUT2D eigenvalue weighted by molar-refractivity contribution is 0.158. The van der Waals surface area contributed by atoms with E-state index in [1.807, 2.05) is 26.0 Å². The van der Waals surface area contributed by atoms with Gasteiger partial charge in [0, 0.05) is 18.3 Å². The Morgan fingerprint density at radius 2 is 1.93 bits per heavy atom. The number of hydrogen-bond acceptors (Lipinski definition) is 1. The van der Waals surface area contributed by atoms with Crippen molar-refractivity contribution in [2.45, 2.75) is 26.4 Å². The highest BCUT2D eigenvalue weighted by Crippen LogP contribution is 2.25. The van der Waals surface area contributed by atoms with Gasteiger partial charge in [-0.25, -0.2) is 0 Å². The van der Waals surface area contributed by atoms with E-state index in [1.165, 1.54) is 0 Å². The number of rotatable bonds is 0. The van der Waals surface area contributed by atoms with Crippen LogP contribution in [0.15, 0.2) is 29.3 Å². The highest BCUT2D eigenvalue weighted by molar-refractivity contribution is 5.20. The van der Waals surface area contributed by atoms with Crippen molar-refractivity contribution in [3.63, 3.8) is 0 Å². The number of allylic oxidation sites excluding steroid dienone is 1. The quantitative estimate of drug-likeness (QED) is 0.453. The molecule has 1 nitrogen and oxygen atoms in total. The van der Waals surface area contributed by atoms with Crippen LogP contribution in [-0.2, 0) is 0 Å². The summed E-state index contributed by atoms with van der Waals surface area (Å²) in [4.78, 5) is 0. The lowest BCUT2D eigenvalue weighted by Crippen LogP contribution is -2.26. The highest BCUT2D eigenvalue weighted by Gasteiger charge is 2.25. The van der Waals surface area contributed by atoms with Gasteiger partial charge in [-0.3, -0.25) is 0 Å². The summed E-state index contributed by atoms with van der Waals surface area (Å²) < 4.78 is 0. The molecule has 0 heterocycles. The van der Waals surface area contributed by atoms with Crippen molar-refractivity contribution in [2.24, 2.45) is 11.8 Å². The van der Waals surface area contributed by atoms with Gasteiger partial charge in [-0.15, -0.1) is 0 Å². The smallest absolute Gasteiger partial charge is 0.122 e. The van der Waals surface area contributed by atoms with Crippen LogP contribution in [0.3, 0.4) is 0 Å². The molecule has 0 aliphatic heterocycles. The molecule has 2 aliphatic carbocycles. The standard InChI is InChI=1S/C11H8O.C2H6/c12-11-8-4-6-9-5-2-1-3-7-10(9)11;1-2/h5,7,9-12H,6H2;1-2H3. The molecular formula is C13H14O. The molecular weight excluding hydrogens is 172 g/mol. The maximum absolute atomic E-state index is 9.51. The first-order valence-corrected chi connectivity index (χ1v) is 4.97. The number of aliphatic hydroxyl groups excluding tert-OH is 1. The molecule has 0 saturated carbocycles. The fourth-order valence-corrected chi connectivity index (χ4v) is 1.46. The van der Waals surface area contributed by atoms with E-state index < -0.39 is 6.10 Å². The van der Waals surface area contributed by atoms with E-state index in [0.29, 0.717) is 0 Å². The first-order valence-electron chi connectivity index (χ1n) is 4.97. The fourth-order valence-electron chi connectivity index (χ4n) is 1.46. The summed E-state index contributed by atoms with van der Waals surface area (Å²) in [5, 5.41) is 9.51. The summed E-state index contributed by atoms with van der Waals surface area (Å²) in [7, 11) is 0. The molecule has 0 spiro atoms. The van der Waals surface area contributed by atoms with E-state index in [9.17, 15) is 5.11 Å². The van der Waals surface area contributed by atoms with Crippen molar-refractivity contribution in [3.8, 4) is 11.8 Å². The van der Waals surface area contributed by atoms with Gasteiger partial charge in [-0.05, 0) is 17.9 Å². The van der Waals surface area contributed by atoms with Crippen LogP contribution in [0.25, 0.3) is 0 Å². The second-order valence-electron chi connectivity index (χ2n) is 2.96. The van der Waals surface area contributed by atoms with Crippen LogP contribution < -0.4 is 0 Å². The maximum Gasteiger partial charge on any atom is 0.122 e. The third-order valence-corrected chi connectivity index (χ3v) is 2.16. The molecule has 72 valence electrons. The molecule has 0 fully saturated rings. The van der Waals surface area contributed by atoms with Crippen molar-refractivity contribution in [1.29, 1.82) is 0 Å². The summed E-state index contributed by atoms with van der Waals surface area (Å²) >= 11 is 0. The topological polar surface area (TPSA) is 20.2 Å². The highest BCUT2D eigenvalue weighted by atomic mass is 16.3. The Balaban J connectivity index is 0.000000461. The van der Waals surface area contributed by atoms with Crippen LogP contribution in [0.2, 0.25) is 0 Å². The van der Waals surface area contributed by atoms with Gasteiger partial charge in [0.25, 0.3) is 0 Å². The molecule has 1 heteroatoms. The molecule has 0 radical (unpaired) electrons. The Bertz CT molecular complexity index is 375. The van der Waals surface area contributed by atoms with E-state index in [1.54, 1.807) is 0 Å². The minimum atomic E-state index is -0.547. The molecule has 2 rings (SSSR count). The van der Waals surface area contributed by atoms with Crippen LogP contribution in [-0.4, -0.2) is 11.2 Å². The monoisotopic (exact) mass is 186 g/mol. The van der Waals surface area contributed by atoms with Gasteiger partial charge in [0.05, 0.1) is 0 Å². The minimum absolute atomic E-state index is 0.0775. The van der Waals surface area contributed by atoms with E-state index >= 15 is 0 Å². The summed E-state index contributed by atoms with van der Waals surface area (Å²) in [6.45, 7) is 4.00. The average Bonchev–Trinajstić information content (AvgIpc) is 2.47. The second-order valence-corrected chi connectivity index (χ2v) is 2.96. The lowest BCUT2D eigenvalue weighted by atomic mass is 9.83. The van der Waals surface area contributed by atoms with Crippen molar-refractivity contribution in [3.05, 3.63) is 29.3 Å². The summed E-state index contributed by atoms with van der Waals surface area (Å²) in [5.41, 5.74) is 8.45. The van der Waals surface area contributed by atoms with E-state index in [-0.39, 0.29) is 11.8 Å². The molecule has 3 atom stereocenters. The number of aliphatic hydroxyl groups is 1. The molecule has 14 heavy (non-hydrogen) atoms. The predicted octanol–water partition coefficient (Wildman–Crippen LogP) is 2.05. The van der Waals surface area contributed by atoms with Crippen molar-refractivity contribution < 1.29 is 5.11 Å². The van der Waals surface area contributed by atoms with Gasteiger partial charge in [0.15, 0.2) is 0 Å². The largest absolute Gasteiger partial charge is 0.380 e. The molecule has 0 amide bonds. The zero-order valence-corrected chi connectivity index (χ0v) is 8.54. The van der Waals surface area contributed by atoms with Crippen LogP contribution in [0.4, 0.5) is 0 Å². The van der Waals surface area contributed by atoms with E-state index in [4.69, 9.17) is 0 Å². The molecule has 1 N–H and O–H groups in total. The Hall–Kier alpha value is -1.40. The number of fused-ring (bicyclic) bond motifs is 1. The van der Waals surface area contributed by atoms with Crippen molar-refractivity contribution >= 4 is 0 Å². The molecule has 3 unspecified atom stereocenters. The zero-order valence-electron chi connectivity index (χ0n) is 8.54. The first kappa shape index (κ1) is 10.7. The van der Waals surface area contributed by atoms with Gasteiger partial charge in [0.2, 0.25) is 0 Å². The van der Waals surface area contributed by atoms with Gasteiger partial charge in [-0.2, -0.15) is 0 Å². The normalized spacial score (nSPS) is 30.6. The Morgan fingerprint density at radius 1 is 1.21 bits per heavy atom. The number of hydrogen-bond donors (Lipinski definition) is 1. The third kappa shape index (κ3) is 2.30. The summed E-state index contributed by atoms with van der Waals surface area (Å²) in [6, 6.07) is 0. The predicted molar refractivity (Wildman–Crippen MR) is 56.4 cm³/mol. The van der Waals surface area contributed by atoms with E-state index in [2.05, 4.69) is 29.0 Å². The average molecular weight is 186 g/mol. The molecule has 2 aliphatic rings. The van der Waals surface area contributed by atoms with Crippen LogP contribution in [0.1, 0.15) is 20.3 Å². The zero-order chi connectivity index (χ0) is 10.4. The van der Waals surface area contributed by atoms with Gasteiger partial charge in [0.1, 0.15) is 6.10 Å². The SMILES string of the molecule is CC.OC1C#CCC2C=C=C=C=CC12. The van der Waals surface area contributed by atoms with Crippen molar-refractivity contribution in [1.82, 2.24) is 0 Å². The first-order chi connectivity index (χ1) is 6.88. The second kappa shape index (κ2) is 5.36. The lowest BCUT2D eigenvalue weighted by Gasteiger charge is -2.23. The van der Waals surface area contributed by atoms with Crippen LogP contribution >= 0.6 is 0 Å². The maximum atomic E-state index is 9.51. The molecule has 0 aromatic heterocycles. The van der Waals surface area contributed by atoms with Gasteiger partial charge in [-0.1, -0.05) is 37.2 Å². The summed E-state index contributed by atoms with van der Waals surface area (Å²) in [5.74, 6) is 6.04. The van der Waals surface area contributed by atoms with Gasteiger partial charge < -0.3 is 5.11 Å². The van der Waals surface area contributed by atoms with E-state index in [0.717, 1.165) is 6.42 Å². The molecule has 0 aromatic carbocycles. The fraction of sp³-hybridized carbons (Fsp3) is 0.462. The van der Waals surface area contributed by atoms with Gasteiger partial charge >= 0.3 is 0 Å². The Labute approximate surface area is 85.1 Å². The molecule has 0 bridgehead atoms. The molecule has 0 aromatic rings. The van der Waals surface area contributed by atoms with Crippen LogP contribution in [0.5, 0.6) is 0 Å². The summed E-state index contributed by atoms with van der Waals surface area (Å²) in [6.07, 6.45) is 4.00.